The molecule has 0 heterocycles. The largest absolute Gasteiger partial charge is 0.497 e. The minimum atomic E-state index is -0.699. The van der Waals surface area contributed by atoms with Gasteiger partial charge >= 0.3 is 0 Å². The second-order valence-electron chi connectivity index (χ2n) is 5.91. The molecule has 4 rings (SSSR count). The SMILES string of the molecule is COc1cccc([C@@H](O)c2cc3ccccc3c3ccccc23)c1. The van der Waals surface area contributed by atoms with Crippen molar-refractivity contribution in [3.05, 3.63) is 90.0 Å². The molecular weight excluding hydrogens is 296 g/mol. The van der Waals surface area contributed by atoms with Crippen molar-refractivity contribution >= 4 is 21.5 Å². The van der Waals surface area contributed by atoms with Gasteiger partial charge in [-0.1, -0.05) is 60.7 Å². The van der Waals surface area contributed by atoms with Gasteiger partial charge in [-0.25, -0.2) is 0 Å². The van der Waals surface area contributed by atoms with Crippen LogP contribution in [0.3, 0.4) is 0 Å². The van der Waals surface area contributed by atoms with Gasteiger partial charge in [0.25, 0.3) is 0 Å². The van der Waals surface area contributed by atoms with Crippen LogP contribution in [-0.2, 0) is 0 Å². The highest BCUT2D eigenvalue weighted by molar-refractivity contribution is 6.09. The molecule has 1 atom stereocenters. The maximum absolute atomic E-state index is 11.0. The van der Waals surface area contributed by atoms with Gasteiger partial charge in [0.2, 0.25) is 0 Å². The average Bonchev–Trinajstić information content (AvgIpc) is 2.67. The predicted octanol–water partition coefficient (Wildman–Crippen LogP) is 5.08. The molecule has 0 fully saturated rings. The van der Waals surface area contributed by atoms with Crippen LogP contribution in [0.1, 0.15) is 17.2 Å². The van der Waals surface area contributed by atoms with Gasteiger partial charge in [0, 0.05) is 0 Å². The van der Waals surface area contributed by atoms with Crippen LogP contribution in [0.4, 0.5) is 0 Å². The maximum Gasteiger partial charge on any atom is 0.119 e. The number of fused-ring (bicyclic) bond motifs is 3. The van der Waals surface area contributed by atoms with Crippen molar-refractivity contribution in [2.24, 2.45) is 0 Å². The quantitative estimate of drug-likeness (QED) is 0.534. The van der Waals surface area contributed by atoms with Gasteiger partial charge in [0.15, 0.2) is 0 Å². The summed E-state index contributed by atoms with van der Waals surface area (Å²) in [5.74, 6) is 0.747. The molecule has 0 aliphatic rings. The Hall–Kier alpha value is -2.84. The van der Waals surface area contributed by atoms with Crippen molar-refractivity contribution in [3.63, 3.8) is 0 Å². The van der Waals surface area contributed by atoms with Crippen LogP contribution in [0.25, 0.3) is 21.5 Å². The zero-order valence-electron chi connectivity index (χ0n) is 13.4. The lowest BCUT2D eigenvalue weighted by Crippen LogP contribution is -2.01. The van der Waals surface area contributed by atoms with Crippen molar-refractivity contribution < 1.29 is 9.84 Å². The highest BCUT2D eigenvalue weighted by atomic mass is 16.5. The van der Waals surface area contributed by atoms with E-state index >= 15 is 0 Å². The van der Waals surface area contributed by atoms with E-state index in [1.54, 1.807) is 7.11 Å². The first-order valence-electron chi connectivity index (χ1n) is 8.00. The van der Waals surface area contributed by atoms with Crippen molar-refractivity contribution in [2.75, 3.05) is 7.11 Å². The molecule has 0 spiro atoms. The second kappa shape index (κ2) is 5.99. The Morgan fingerprint density at radius 1 is 0.750 bits per heavy atom. The van der Waals surface area contributed by atoms with Gasteiger partial charge in [-0.15, -0.1) is 0 Å². The van der Waals surface area contributed by atoms with Crippen molar-refractivity contribution in [1.29, 1.82) is 0 Å². The molecule has 4 aromatic carbocycles. The molecule has 24 heavy (non-hydrogen) atoms. The number of aliphatic hydroxyl groups is 1. The number of rotatable bonds is 3. The van der Waals surface area contributed by atoms with E-state index < -0.39 is 6.10 Å². The highest BCUT2D eigenvalue weighted by Gasteiger charge is 2.16. The van der Waals surface area contributed by atoms with Gasteiger partial charge in [-0.2, -0.15) is 0 Å². The summed E-state index contributed by atoms with van der Waals surface area (Å²) in [6, 6.07) is 26.2. The Balaban J connectivity index is 1.97. The maximum atomic E-state index is 11.0. The lowest BCUT2D eigenvalue weighted by Gasteiger charge is -2.17. The van der Waals surface area contributed by atoms with E-state index in [1.807, 2.05) is 48.5 Å². The van der Waals surface area contributed by atoms with Crippen LogP contribution in [0.15, 0.2) is 78.9 Å². The molecule has 2 nitrogen and oxygen atoms in total. The first-order valence-corrected chi connectivity index (χ1v) is 8.00. The number of hydrogen-bond acceptors (Lipinski definition) is 2. The third kappa shape index (κ3) is 2.41. The van der Waals surface area contributed by atoms with E-state index in [0.29, 0.717) is 0 Å². The molecular formula is C22H18O2. The molecule has 0 saturated carbocycles. The van der Waals surface area contributed by atoms with Gasteiger partial charge < -0.3 is 9.84 Å². The Bertz CT molecular complexity index is 1020. The molecule has 0 saturated heterocycles. The van der Waals surface area contributed by atoms with Gasteiger partial charge in [0.05, 0.1) is 7.11 Å². The topological polar surface area (TPSA) is 29.5 Å². The number of ether oxygens (including phenoxy) is 1. The summed E-state index contributed by atoms with van der Waals surface area (Å²) >= 11 is 0. The molecule has 0 bridgehead atoms. The zero-order valence-corrected chi connectivity index (χ0v) is 13.4. The van der Waals surface area contributed by atoms with Gasteiger partial charge in [0.1, 0.15) is 11.9 Å². The van der Waals surface area contributed by atoms with E-state index in [4.69, 9.17) is 4.74 Å². The van der Waals surface area contributed by atoms with E-state index in [9.17, 15) is 5.11 Å². The van der Waals surface area contributed by atoms with Crippen molar-refractivity contribution in [2.45, 2.75) is 6.10 Å². The zero-order chi connectivity index (χ0) is 16.5. The van der Waals surface area contributed by atoms with Gasteiger partial charge in [-0.05, 0) is 50.9 Å². The Labute approximate surface area is 140 Å². The fraction of sp³-hybridized carbons (Fsp3) is 0.0909. The van der Waals surface area contributed by atoms with E-state index in [0.717, 1.165) is 33.0 Å². The Morgan fingerprint density at radius 3 is 2.25 bits per heavy atom. The summed E-state index contributed by atoms with van der Waals surface area (Å²) in [7, 11) is 1.64. The number of methoxy groups -OCH3 is 1. The smallest absolute Gasteiger partial charge is 0.119 e. The van der Waals surface area contributed by atoms with Crippen LogP contribution in [0, 0.1) is 0 Å². The molecule has 0 unspecified atom stereocenters. The van der Waals surface area contributed by atoms with E-state index in [-0.39, 0.29) is 0 Å². The van der Waals surface area contributed by atoms with Crippen LogP contribution < -0.4 is 4.74 Å². The molecule has 118 valence electrons. The lowest BCUT2D eigenvalue weighted by molar-refractivity contribution is 0.221. The molecule has 0 aliphatic carbocycles. The third-order valence-corrected chi connectivity index (χ3v) is 4.50. The average molecular weight is 314 g/mol. The standard InChI is InChI=1S/C22H18O2/c1-24-17-9-6-8-16(13-17)22(23)21-14-15-7-2-3-10-18(15)19-11-4-5-12-20(19)21/h2-14,22-23H,1H3/t22-/m1/s1. The van der Waals surface area contributed by atoms with Crippen LogP contribution in [-0.4, -0.2) is 12.2 Å². The third-order valence-electron chi connectivity index (χ3n) is 4.50. The highest BCUT2D eigenvalue weighted by Crippen LogP contribution is 2.35. The lowest BCUT2D eigenvalue weighted by atomic mass is 9.92. The number of benzene rings is 4. The van der Waals surface area contributed by atoms with E-state index in [1.165, 1.54) is 5.39 Å². The predicted molar refractivity (Wildman–Crippen MR) is 98.5 cm³/mol. The first kappa shape index (κ1) is 14.7. The second-order valence-corrected chi connectivity index (χ2v) is 5.91. The van der Waals surface area contributed by atoms with E-state index in [2.05, 4.69) is 30.3 Å². The Morgan fingerprint density at radius 2 is 1.46 bits per heavy atom. The summed E-state index contributed by atoms with van der Waals surface area (Å²) in [6.45, 7) is 0. The fourth-order valence-corrected chi connectivity index (χ4v) is 3.30. The first-order chi connectivity index (χ1) is 11.8. The minimum Gasteiger partial charge on any atom is -0.497 e. The van der Waals surface area contributed by atoms with Crippen molar-refractivity contribution in [1.82, 2.24) is 0 Å². The summed E-state index contributed by atoms with van der Waals surface area (Å²) in [6.07, 6.45) is -0.699. The van der Waals surface area contributed by atoms with Crippen molar-refractivity contribution in [3.8, 4) is 5.75 Å². The summed E-state index contributed by atoms with van der Waals surface area (Å²) in [5, 5.41) is 15.6. The molecule has 0 aromatic heterocycles. The molecule has 0 radical (unpaired) electrons. The molecule has 0 amide bonds. The summed E-state index contributed by atoms with van der Waals surface area (Å²) < 4.78 is 5.29. The van der Waals surface area contributed by atoms with Crippen LogP contribution in [0.2, 0.25) is 0 Å². The molecule has 1 N–H and O–H groups in total. The summed E-state index contributed by atoms with van der Waals surface area (Å²) in [5.41, 5.74) is 1.74. The minimum absolute atomic E-state index is 0.699. The monoisotopic (exact) mass is 314 g/mol. The Kier molecular flexibility index (Phi) is 3.68. The van der Waals surface area contributed by atoms with Crippen LogP contribution >= 0.6 is 0 Å². The number of aliphatic hydroxyl groups excluding tert-OH is 1. The van der Waals surface area contributed by atoms with Gasteiger partial charge in [-0.3, -0.25) is 0 Å². The normalized spacial score (nSPS) is 12.4. The summed E-state index contributed by atoms with van der Waals surface area (Å²) in [4.78, 5) is 0. The van der Waals surface area contributed by atoms with Crippen LogP contribution in [0.5, 0.6) is 5.75 Å². The molecule has 4 aromatic rings. The molecule has 2 heteroatoms. The number of hydrogen-bond donors (Lipinski definition) is 1. The fourth-order valence-electron chi connectivity index (χ4n) is 3.30. The molecule has 0 aliphatic heterocycles.